The van der Waals surface area contributed by atoms with Gasteiger partial charge in [0.15, 0.2) is 15.2 Å². The van der Waals surface area contributed by atoms with Crippen molar-refractivity contribution in [3.63, 3.8) is 0 Å². The summed E-state index contributed by atoms with van der Waals surface area (Å²) in [6, 6.07) is 3.96. The molecular weight excluding hydrogens is 554 g/mol. The number of methoxy groups -OCH3 is 1. The van der Waals surface area contributed by atoms with Crippen LogP contribution < -0.4 is 10.6 Å². The lowest BCUT2D eigenvalue weighted by Crippen LogP contribution is -2.50. The zero-order valence-electron chi connectivity index (χ0n) is 22.7. The van der Waals surface area contributed by atoms with Crippen LogP contribution in [0.25, 0.3) is 22.2 Å². The summed E-state index contributed by atoms with van der Waals surface area (Å²) < 4.78 is 34.8. The second-order valence-corrected chi connectivity index (χ2v) is 12.7. The smallest absolute Gasteiger partial charge is 0.413 e. The molecule has 4 aromatic rings. The minimum Gasteiger partial charge on any atom is -0.453 e. The Balaban J connectivity index is 1.22. The van der Waals surface area contributed by atoms with Crippen molar-refractivity contribution in [3.8, 4) is 11.1 Å². The number of carbonyl (C=O) groups is 1. The van der Waals surface area contributed by atoms with E-state index in [4.69, 9.17) is 0 Å². The molecule has 0 spiro atoms. The number of amides is 1. The Hall–Kier alpha value is -3.66. The number of pyridine rings is 1. The molecule has 5 heterocycles. The summed E-state index contributed by atoms with van der Waals surface area (Å²) in [4.78, 5) is 31.2. The van der Waals surface area contributed by atoms with Crippen molar-refractivity contribution < 1.29 is 17.9 Å². The van der Waals surface area contributed by atoms with Crippen LogP contribution in [-0.4, -0.2) is 94.1 Å². The van der Waals surface area contributed by atoms with Crippen LogP contribution in [-0.2, 0) is 21.8 Å². The number of thiazole rings is 1. The van der Waals surface area contributed by atoms with E-state index in [0.717, 1.165) is 39.3 Å². The van der Waals surface area contributed by atoms with Crippen LogP contribution in [0.5, 0.6) is 0 Å². The molecule has 0 saturated carbocycles. The standard InChI is InChI=1S/C25H31N9O4S2/c1-16(29-22-21-20(27-15-28-22)19(14-32(21)3)18-6-5-7-26-12-18)13-33-8-10-34(11-9-33)40(36,37)23-17(2)30-24(39-23)31-25(35)38-4/h5-7,12,14-16H,8-11,13H2,1-4H3,(H,27,28,29)(H,30,31,35)/t16-/m0/s1. The molecule has 4 aromatic heterocycles. The van der Waals surface area contributed by atoms with Gasteiger partial charge >= 0.3 is 6.09 Å². The fraction of sp³-hybridized carbons (Fsp3) is 0.400. The number of carbonyl (C=O) groups excluding carboxylic acids is 1. The molecule has 0 aromatic carbocycles. The first kappa shape index (κ1) is 27.9. The van der Waals surface area contributed by atoms with Gasteiger partial charge < -0.3 is 14.6 Å². The molecule has 1 fully saturated rings. The van der Waals surface area contributed by atoms with E-state index in [-0.39, 0.29) is 15.4 Å². The molecule has 1 aliphatic rings. The summed E-state index contributed by atoms with van der Waals surface area (Å²) in [5.41, 5.74) is 4.08. The quantitative estimate of drug-likeness (QED) is 0.316. The molecular formula is C25H31N9O4S2. The minimum atomic E-state index is -3.73. The lowest BCUT2D eigenvalue weighted by atomic mass is 10.1. The Kier molecular flexibility index (Phi) is 7.98. The van der Waals surface area contributed by atoms with Gasteiger partial charge in [-0.15, -0.1) is 0 Å². The molecule has 0 aliphatic carbocycles. The molecule has 1 aliphatic heterocycles. The summed E-state index contributed by atoms with van der Waals surface area (Å²) in [5.74, 6) is 0.744. The van der Waals surface area contributed by atoms with Gasteiger partial charge in [-0.05, 0) is 19.9 Å². The third-order valence-electron chi connectivity index (χ3n) is 6.69. The Morgan fingerprint density at radius 1 is 1.23 bits per heavy atom. The van der Waals surface area contributed by atoms with Crippen LogP contribution in [0.3, 0.4) is 0 Å². The fourth-order valence-electron chi connectivity index (χ4n) is 4.82. The van der Waals surface area contributed by atoms with E-state index in [1.165, 1.54) is 11.4 Å². The zero-order valence-corrected chi connectivity index (χ0v) is 24.3. The molecule has 0 radical (unpaired) electrons. The predicted molar refractivity (Wildman–Crippen MR) is 153 cm³/mol. The van der Waals surface area contributed by atoms with Crippen LogP contribution >= 0.6 is 11.3 Å². The first-order valence-corrected chi connectivity index (χ1v) is 14.9. The topological polar surface area (TPSA) is 147 Å². The third-order valence-corrected chi connectivity index (χ3v) is 10.3. The molecule has 40 heavy (non-hydrogen) atoms. The SMILES string of the molecule is COC(=O)Nc1nc(C)c(S(=O)(=O)N2CCN(C[C@H](C)Nc3ncnc4c(-c5cccnc5)cn(C)c34)CC2)s1. The molecule has 212 valence electrons. The molecule has 15 heteroatoms. The first-order valence-electron chi connectivity index (χ1n) is 12.7. The summed E-state index contributed by atoms with van der Waals surface area (Å²) in [6.45, 7) is 6.30. The summed E-state index contributed by atoms with van der Waals surface area (Å²) >= 11 is 0.925. The van der Waals surface area contributed by atoms with Gasteiger partial charge in [0.25, 0.3) is 10.0 Å². The fourth-order valence-corrected chi connectivity index (χ4v) is 7.78. The monoisotopic (exact) mass is 585 g/mol. The van der Waals surface area contributed by atoms with Gasteiger partial charge in [-0.3, -0.25) is 15.2 Å². The van der Waals surface area contributed by atoms with Gasteiger partial charge in [0.1, 0.15) is 17.4 Å². The Bertz CT molecular complexity index is 1610. The summed E-state index contributed by atoms with van der Waals surface area (Å²) in [7, 11) is -0.526. The van der Waals surface area contributed by atoms with Crippen LogP contribution in [0.4, 0.5) is 15.7 Å². The molecule has 0 bridgehead atoms. The molecule has 5 rings (SSSR count). The van der Waals surface area contributed by atoms with E-state index < -0.39 is 16.1 Å². The molecule has 13 nitrogen and oxygen atoms in total. The van der Waals surface area contributed by atoms with Crippen molar-refractivity contribution in [1.29, 1.82) is 0 Å². The first-order chi connectivity index (χ1) is 19.2. The highest BCUT2D eigenvalue weighted by Gasteiger charge is 2.32. The van der Waals surface area contributed by atoms with Gasteiger partial charge in [0.2, 0.25) is 0 Å². The molecule has 1 amide bonds. The van der Waals surface area contributed by atoms with Gasteiger partial charge in [-0.2, -0.15) is 4.31 Å². The van der Waals surface area contributed by atoms with Crippen LogP contribution in [0.1, 0.15) is 12.6 Å². The van der Waals surface area contributed by atoms with E-state index in [1.807, 2.05) is 36.1 Å². The zero-order chi connectivity index (χ0) is 28.4. The van der Waals surface area contributed by atoms with Crippen LogP contribution in [0.15, 0.2) is 41.3 Å². The van der Waals surface area contributed by atoms with Crippen molar-refractivity contribution in [2.24, 2.45) is 7.05 Å². The van der Waals surface area contributed by atoms with E-state index in [1.54, 1.807) is 19.4 Å². The number of aryl methyl sites for hydroxylation is 2. The van der Waals surface area contributed by atoms with Crippen molar-refractivity contribution in [2.75, 3.05) is 50.5 Å². The average molecular weight is 586 g/mol. The summed E-state index contributed by atoms with van der Waals surface area (Å²) in [6.07, 6.45) is 6.47. The number of aromatic nitrogens is 5. The average Bonchev–Trinajstić information content (AvgIpc) is 3.49. The number of piperazine rings is 1. The van der Waals surface area contributed by atoms with E-state index in [0.29, 0.717) is 38.4 Å². The number of fused-ring (bicyclic) bond motifs is 1. The number of nitrogens with one attached hydrogen (secondary N) is 2. The highest BCUT2D eigenvalue weighted by Crippen LogP contribution is 2.32. The molecule has 1 saturated heterocycles. The second-order valence-electron chi connectivity index (χ2n) is 9.57. The minimum absolute atomic E-state index is 0.0497. The summed E-state index contributed by atoms with van der Waals surface area (Å²) in [5, 5.41) is 6.14. The van der Waals surface area contributed by atoms with Gasteiger partial charge in [0, 0.05) is 75.5 Å². The maximum Gasteiger partial charge on any atom is 0.413 e. The van der Waals surface area contributed by atoms with Gasteiger partial charge in [0.05, 0.1) is 12.8 Å². The Morgan fingerprint density at radius 2 is 2.00 bits per heavy atom. The number of ether oxygens (including phenoxy) is 1. The number of nitrogens with zero attached hydrogens (tertiary/aromatic N) is 7. The van der Waals surface area contributed by atoms with E-state index in [2.05, 4.69) is 47.1 Å². The normalized spacial score (nSPS) is 15.7. The third kappa shape index (κ3) is 5.63. The lowest BCUT2D eigenvalue weighted by Gasteiger charge is -2.35. The maximum absolute atomic E-state index is 13.3. The van der Waals surface area contributed by atoms with E-state index in [9.17, 15) is 13.2 Å². The van der Waals surface area contributed by atoms with Crippen LogP contribution in [0.2, 0.25) is 0 Å². The number of sulfonamides is 1. The molecule has 1 atom stereocenters. The van der Waals surface area contributed by atoms with Crippen molar-refractivity contribution in [1.82, 2.24) is 33.7 Å². The number of hydrogen-bond acceptors (Lipinski definition) is 11. The van der Waals surface area contributed by atoms with Crippen molar-refractivity contribution >= 4 is 49.4 Å². The molecule has 2 N–H and O–H groups in total. The van der Waals surface area contributed by atoms with Gasteiger partial charge in [-0.25, -0.2) is 28.2 Å². The second kappa shape index (κ2) is 11.4. The molecule has 0 unspecified atom stereocenters. The predicted octanol–water partition coefficient (Wildman–Crippen LogP) is 2.78. The highest BCUT2D eigenvalue weighted by atomic mass is 32.2. The number of rotatable bonds is 8. The van der Waals surface area contributed by atoms with Gasteiger partial charge in [-0.1, -0.05) is 17.4 Å². The van der Waals surface area contributed by atoms with E-state index >= 15 is 0 Å². The Morgan fingerprint density at radius 3 is 2.70 bits per heavy atom. The number of hydrogen-bond donors (Lipinski definition) is 2. The largest absolute Gasteiger partial charge is 0.453 e. The Labute approximate surface area is 236 Å². The maximum atomic E-state index is 13.3. The van der Waals surface area contributed by atoms with Crippen molar-refractivity contribution in [2.45, 2.75) is 24.1 Å². The lowest BCUT2D eigenvalue weighted by molar-refractivity contribution is 0.184. The number of anilines is 2. The van der Waals surface area contributed by atoms with Crippen molar-refractivity contribution in [3.05, 3.63) is 42.7 Å². The van der Waals surface area contributed by atoms with Crippen LogP contribution in [0, 0.1) is 6.92 Å². The highest BCUT2D eigenvalue weighted by molar-refractivity contribution is 7.91.